The van der Waals surface area contributed by atoms with Crippen LogP contribution in [-0.4, -0.2) is 53.0 Å². The Labute approximate surface area is 165 Å². The molecule has 0 saturated carbocycles. The van der Waals surface area contributed by atoms with Crippen LogP contribution in [0.5, 0.6) is 0 Å². The Morgan fingerprint density at radius 3 is 2.61 bits per heavy atom. The van der Waals surface area contributed by atoms with Crippen LogP contribution in [-0.2, 0) is 14.3 Å². The molecule has 1 amide bonds. The molecule has 0 aromatic rings. The molecule has 0 bridgehead atoms. The van der Waals surface area contributed by atoms with Crippen molar-refractivity contribution in [3.63, 3.8) is 0 Å². The number of carbonyl (C=O) groups is 3. The fourth-order valence-electron chi connectivity index (χ4n) is 3.06. The van der Waals surface area contributed by atoms with Crippen molar-refractivity contribution >= 4 is 23.6 Å². The van der Waals surface area contributed by atoms with Gasteiger partial charge in [0.15, 0.2) is 5.78 Å². The van der Waals surface area contributed by atoms with Gasteiger partial charge in [-0.25, -0.2) is 9.59 Å². The predicted molar refractivity (Wildman–Crippen MR) is 106 cm³/mol. The van der Waals surface area contributed by atoms with E-state index >= 15 is 0 Å². The molecular weight excluding hydrogens is 364 g/mol. The maximum absolute atomic E-state index is 12.3. The summed E-state index contributed by atoms with van der Waals surface area (Å²) in [5.74, 6) is -1.17. The van der Waals surface area contributed by atoms with E-state index in [-0.39, 0.29) is 30.0 Å². The van der Waals surface area contributed by atoms with Gasteiger partial charge in [-0.2, -0.15) is 0 Å². The van der Waals surface area contributed by atoms with Gasteiger partial charge in [-0.05, 0) is 31.6 Å². The summed E-state index contributed by atoms with van der Waals surface area (Å²) in [7, 11) is 0. The van der Waals surface area contributed by atoms with E-state index in [9.17, 15) is 24.6 Å². The Morgan fingerprint density at radius 2 is 2.04 bits per heavy atom. The van der Waals surface area contributed by atoms with Crippen LogP contribution in [0, 0.1) is 5.41 Å². The molecule has 0 unspecified atom stereocenters. The molecule has 0 heterocycles. The van der Waals surface area contributed by atoms with E-state index in [4.69, 9.17) is 4.74 Å². The number of hydrogen-bond donors (Lipinski definition) is 3. The van der Waals surface area contributed by atoms with Crippen LogP contribution in [0.15, 0.2) is 29.0 Å². The minimum Gasteiger partial charge on any atom is -0.511 e. The third-order valence-corrected chi connectivity index (χ3v) is 4.39. The fraction of sp³-hybridized carbons (Fsp3) is 0.600. The van der Waals surface area contributed by atoms with E-state index in [1.807, 2.05) is 13.8 Å². The second-order valence-electron chi connectivity index (χ2n) is 7.65. The lowest BCUT2D eigenvalue weighted by Gasteiger charge is -2.29. The number of alkyl carbamates (subject to hydrolysis) is 1. The SMILES string of the molecule is C=CCOC(=O)N[C@@H](CCCCN=C(C)C1=C(O)CC(C)(C)CC1=O)C(=O)O. The van der Waals surface area contributed by atoms with Gasteiger partial charge in [0, 0.05) is 25.1 Å². The third kappa shape index (κ3) is 7.54. The number of allylic oxidation sites excluding steroid dienone is 2. The van der Waals surface area contributed by atoms with Crippen molar-refractivity contribution < 1.29 is 29.3 Å². The highest BCUT2D eigenvalue weighted by Crippen LogP contribution is 2.36. The molecule has 1 aliphatic rings. The Morgan fingerprint density at radius 1 is 1.36 bits per heavy atom. The number of carboxylic acid groups (broad SMARTS) is 1. The first kappa shape index (κ1) is 23.4. The molecule has 1 rings (SSSR count). The first-order valence-electron chi connectivity index (χ1n) is 9.31. The summed E-state index contributed by atoms with van der Waals surface area (Å²) in [4.78, 5) is 39.3. The Balaban J connectivity index is 2.51. The number of nitrogens with one attached hydrogen (secondary N) is 1. The maximum Gasteiger partial charge on any atom is 0.408 e. The maximum atomic E-state index is 12.3. The number of amides is 1. The first-order chi connectivity index (χ1) is 13.1. The van der Waals surface area contributed by atoms with Crippen molar-refractivity contribution in [3.05, 3.63) is 24.0 Å². The summed E-state index contributed by atoms with van der Waals surface area (Å²) in [6.07, 6.45) is 2.72. The number of ether oxygens (including phenoxy) is 1. The monoisotopic (exact) mass is 394 g/mol. The highest BCUT2D eigenvalue weighted by molar-refractivity contribution is 6.22. The highest BCUT2D eigenvalue weighted by atomic mass is 16.5. The molecule has 0 radical (unpaired) electrons. The van der Waals surface area contributed by atoms with Crippen molar-refractivity contribution in [1.82, 2.24) is 5.32 Å². The molecule has 1 aliphatic carbocycles. The molecule has 1 atom stereocenters. The molecule has 0 fully saturated rings. The van der Waals surface area contributed by atoms with Crippen molar-refractivity contribution in [2.24, 2.45) is 10.4 Å². The van der Waals surface area contributed by atoms with Crippen LogP contribution in [0.4, 0.5) is 4.79 Å². The molecule has 8 heteroatoms. The van der Waals surface area contributed by atoms with E-state index in [0.29, 0.717) is 43.5 Å². The molecule has 8 nitrogen and oxygen atoms in total. The highest BCUT2D eigenvalue weighted by Gasteiger charge is 2.33. The van der Waals surface area contributed by atoms with Crippen LogP contribution in [0.2, 0.25) is 0 Å². The van der Waals surface area contributed by atoms with E-state index < -0.39 is 18.1 Å². The van der Waals surface area contributed by atoms with Gasteiger partial charge in [0.1, 0.15) is 18.4 Å². The molecule has 0 spiro atoms. The van der Waals surface area contributed by atoms with Crippen molar-refractivity contribution in [1.29, 1.82) is 0 Å². The number of carbonyl (C=O) groups excluding carboxylic acids is 2. The smallest absolute Gasteiger partial charge is 0.408 e. The Kier molecular flexibility index (Phi) is 8.88. The fourth-order valence-corrected chi connectivity index (χ4v) is 3.06. The molecule has 0 saturated heterocycles. The lowest BCUT2D eigenvalue weighted by molar-refractivity contribution is -0.139. The van der Waals surface area contributed by atoms with Gasteiger partial charge in [-0.3, -0.25) is 9.79 Å². The molecule has 156 valence electrons. The van der Waals surface area contributed by atoms with Gasteiger partial charge < -0.3 is 20.3 Å². The quantitative estimate of drug-likeness (QED) is 0.297. The van der Waals surface area contributed by atoms with Gasteiger partial charge in [0.25, 0.3) is 0 Å². The lowest BCUT2D eigenvalue weighted by atomic mass is 9.76. The van der Waals surface area contributed by atoms with Crippen LogP contribution < -0.4 is 5.32 Å². The van der Waals surface area contributed by atoms with Crippen LogP contribution in [0.3, 0.4) is 0 Å². The van der Waals surface area contributed by atoms with Crippen LogP contribution in [0.25, 0.3) is 0 Å². The number of rotatable bonds is 10. The van der Waals surface area contributed by atoms with Crippen LogP contribution in [0.1, 0.15) is 52.9 Å². The molecule has 0 aromatic heterocycles. The number of aliphatic hydroxyl groups is 1. The number of nitrogens with zero attached hydrogens (tertiary/aromatic N) is 1. The van der Waals surface area contributed by atoms with E-state index in [1.54, 1.807) is 6.92 Å². The molecule has 0 aromatic carbocycles. The second-order valence-corrected chi connectivity index (χ2v) is 7.65. The third-order valence-electron chi connectivity index (χ3n) is 4.39. The number of unbranched alkanes of at least 4 members (excludes halogenated alkanes) is 1. The van der Waals surface area contributed by atoms with Gasteiger partial charge in [0.05, 0.1) is 5.57 Å². The number of ketones is 1. The molecule has 0 aliphatic heterocycles. The number of aliphatic hydroxyl groups excluding tert-OH is 1. The molecule has 28 heavy (non-hydrogen) atoms. The lowest BCUT2D eigenvalue weighted by Crippen LogP contribution is -2.41. The van der Waals surface area contributed by atoms with E-state index in [1.165, 1.54) is 6.08 Å². The van der Waals surface area contributed by atoms with Gasteiger partial charge >= 0.3 is 12.1 Å². The van der Waals surface area contributed by atoms with E-state index in [0.717, 1.165) is 0 Å². The first-order valence-corrected chi connectivity index (χ1v) is 9.31. The van der Waals surface area contributed by atoms with Gasteiger partial charge in [-0.15, -0.1) is 0 Å². The average molecular weight is 394 g/mol. The molecular formula is C20H30N2O6. The van der Waals surface area contributed by atoms with Crippen molar-refractivity contribution in [2.75, 3.05) is 13.2 Å². The largest absolute Gasteiger partial charge is 0.511 e. The van der Waals surface area contributed by atoms with E-state index in [2.05, 4.69) is 16.9 Å². The number of Topliss-reactive ketones (excluding diaryl/α,β-unsaturated/α-hetero) is 1. The van der Waals surface area contributed by atoms with Gasteiger partial charge in [-0.1, -0.05) is 26.5 Å². The minimum atomic E-state index is -1.14. The predicted octanol–water partition coefficient (Wildman–Crippen LogP) is 3.18. The summed E-state index contributed by atoms with van der Waals surface area (Å²) in [6.45, 7) is 9.37. The summed E-state index contributed by atoms with van der Waals surface area (Å²) in [6, 6.07) is -1.05. The zero-order valence-corrected chi connectivity index (χ0v) is 16.8. The topological polar surface area (TPSA) is 125 Å². The van der Waals surface area contributed by atoms with Crippen molar-refractivity contribution in [3.8, 4) is 0 Å². The van der Waals surface area contributed by atoms with Gasteiger partial charge in [0.2, 0.25) is 0 Å². The summed E-state index contributed by atoms with van der Waals surface area (Å²) < 4.78 is 4.72. The zero-order chi connectivity index (χ0) is 21.3. The van der Waals surface area contributed by atoms with Crippen LogP contribution >= 0.6 is 0 Å². The minimum absolute atomic E-state index is 0.00473. The number of carboxylic acids is 1. The Hall–Kier alpha value is -2.64. The average Bonchev–Trinajstić information content (AvgIpc) is 2.56. The zero-order valence-electron chi connectivity index (χ0n) is 16.8. The summed E-state index contributed by atoms with van der Waals surface area (Å²) >= 11 is 0. The number of hydrogen-bond acceptors (Lipinski definition) is 6. The number of aliphatic carboxylic acids is 1. The number of aliphatic imine (C=N–C) groups is 1. The standard InChI is InChI=1S/C20H30N2O6/c1-5-10-28-19(27)22-14(18(25)26)8-6-7-9-21-13(2)17-15(23)11-20(3,4)12-16(17)24/h5,14,23H,1,6-12H2,2-4H3,(H,22,27)(H,25,26)/t14-/m0/s1. The van der Waals surface area contributed by atoms with Crippen molar-refractivity contribution in [2.45, 2.75) is 58.9 Å². The second kappa shape index (κ2) is 10.6. The normalized spacial score (nSPS) is 17.8. The summed E-state index contributed by atoms with van der Waals surface area (Å²) in [5.41, 5.74) is 0.546. The Bertz CT molecular complexity index is 678. The molecule has 3 N–H and O–H groups in total. The summed E-state index contributed by atoms with van der Waals surface area (Å²) in [5, 5.41) is 21.6.